The Morgan fingerprint density at radius 3 is 1.57 bits per heavy atom. The predicted molar refractivity (Wildman–Crippen MR) is 110 cm³/mol. The number of rotatable bonds is 4. The lowest BCUT2D eigenvalue weighted by Gasteiger charge is -2.46. The van der Waals surface area contributed by atoms with Crippen molar-refractivity contribution in [2.75, 3.05) is 0 Å². The molecule has 6 heteroatoms. The molecule has 1 aliphatic rings. The first-order chi connectivity index (χ1) is 13.2. The summed E-state index contributed by atoms with van der Waals surface area (Å²) in [6, 6.07) is 15.0. The lowest BCUT2D eigenvalue weighted by atomic mass is 9.58. The lowest BCUT2D eigenvalue weighted by molar-refractivity contribution is 0.173. The van der Waals surface area contributed by atoms with E-state index in [9.17, 15) is 9.59 Å². The third kappa shape index (κ3) is 4.68. The molecule has 1 fully saturated rings. The Kier molecular flexibility index (Phi) is 6.01. The maximum Gasteiger partial charge on any atom is 0.409 e. The van der Waals surface area contributed by atoms with Crippen molar-refractivity contribution < 1.29 is 19.1 Å². The van der Waals surface area contributed by atoms with Gasteiger partial charge in [0, 0.05) is 28.6 Å². The monoisotopic (exact) mass is 420 g/mol. The maximum atomic E-state index is 11.0. The van der Waals surface area contributed by atoms with Crippen molar-refractivity contribution in [3.63, 3.8) is 0 Å². The molecule has 0 bridgehead atoms. The minimum absolute atomic E-state index is 0.181. The maximum absolute atomic E-state index is 11.0. The highest BCUT2D eigenvalue weighted by Gasteiger charge is 2.42. The van der Waals surface area contributed by atoms with E-state index in [1.165, 1.54) is 6.42 Å². The normalized spacial score (nSPS) is 17.6. The summed E-state index contributed by atoms with van der Waals surface area (Å²) in [5, 5.41) is 0. The van der Waals surface area contributed by atoms with Gasteiger partial charge in [-0.25, -0.2) is 9.59 Å². The van der Waals surface area contributed by atoms with E-state index < -0.39 is 10.9 Å². The Balaban J connectivity index is 2.01. The molecule has 0 aliphatic heterocycles. The topological polar surface area (TPSA) is 52.6 Å². The van der Waals surface area contributed by atoms with Gasteiger partial charge in [-0.1, -0.05) is 44.5 Å². The SMILES string of the molecule is CC1(C)CCCC(c2ccc(OC(=O)Cl)cc2)(c2ccc(OC(=O)Cl)cc2)C1. The fraction of sp³-hybridized carbons (Fsp3) is 0.364. The highest BCUT2D eigenvalue weighted by atomic mass is 35.5. The Morgan fingerprint density at radius 1 is 0.786 bits per heavy atom. The van der Waals surface area contributed by atoms with Crippen LogP contribution in [0, 0.1) is 5.41 Å². The molecule has 0 spiro atoms. The molecule has 28 heavy (non-hydrogen) atoms. The van der Waals surface area contributed by atoms with Crippen molar-refractivity contribution in [1.29, 1.82) is 0 Å². The van der Waals surface area contributed by atoms with Crippen LogP contribution in [0.1, 0.15) is 50.7 Å². The highest BCUT2D eigenvalue weighted by molar-refractivity contribution is 6.61. The van der Waals surface area contributed by atoms with E-state index in [0.717, 1.165) is 30.4 Å². The summed E-state index contributed by atoms with van der Waals surface area (Å²) in [6.45, 7) is 4.57. The Hall–Kier alpha value is -2.04. The molecule has 2 aromatic carbocycles. The van der Waals surface area contributed by atoms with Crippen LogP contribution in [0.15, 0.2) is 48.5 Å². The minimum Gasteiger partial charge on any atom is -0.415 e. The molecule has 0 unspecified atom stereocenters. The standard InChI is InChI=1S/C22H22Cl2O4/c1-21(2)12-3-13-22(14-21,15-4-8-17(9-5-15)27-19(23)25)16-6-10-18(11-7-16)28-20(24)26/h4-11H,3,12-14H2,1-2H3. The molecular formula is C22H22Cl2O4. The Bertz CT molecular complexity index is 798. The lowest BCUT2D eigenvalue weighted by Crippen LogP contribution is -2.37. The van der Waals surface area contributed by atoms with E-state index in [2.05, 4.69) is 13.8 Å². The van der Waals surface area contributed by atoms with Gasteiger partial charge in [-0.15, -0.1) is 0 Å². The molecule has 1 saturated carbocycles. The Labute approximate surface area is 174 Å². The first kappa shape index (κ1) is 20.7. The van der Waals surface area contributed by atoms with Crippen molar-refractivity contribution in [3.05, 3.63) is 59.7 Å². The van der Waals surface area contributed by atoms with Crippen molar-refractivity contribution in [2.24, 2.45) is 5.41 Å². The molecule has 0 amide bonds. The Morgan fingerprint density at radius 2 is 1.21 bits per heavy atom. The van der Waals surface area contributed by atoms with Crippen molar-refractivity contribution in [2.45, 2.75) is 44.9 Å². The van der Waals surface area contributed by atoms with Crippen LogP contribution in [-0.2, 0) is 5.41 Å². The predicted octanol–water partition coefficient (Wildman–Crippen LogP) is 7.05. The molecule has 0 radical (unpaired) electrons. The molecule has 0 atom stereocenters. The molecular weight excluding hydrogens is 399 g/mol. The summed E-state index contributed by atoms with van der Waals surface area (Å²) < 4.78 is 9.91. The van der Waals surface area contributed by atoms with Gasteiger partial charge in [0.2, 0.25) is 0 Å². The van der Waals surface area contributed by atoms with Gasteiger partial charge in [-0.3, -0.25) is 0 Å². The second kappa shape index (κ2) is 8.14. The fourth-order valence-corrected chi connectivity index (χ4v) is 4.57. The van der Waals surface area contributed by atoms with E-state index in [0.29, 0.717) is 11.5 Å². The largest absolute Gasteiger partial charge is 0.415 e. The number of hydrogen-bond donors (Lipinski definition) is 0. The number of carbonyl (C=O) groups excluding carboxylic acids is 2. The van der Waals surface area contributed by atoms with Crippen LogP contribution in [0.2, 0.25) is 0 Å². The van der Waals surface area contributed by atoms with Gasteiger partial charge in [-0.2, -0.15) is 0 Å². The van der Waals surface area contributed by atoms with Crippen molar-refractivity contribution in [3.8, 4) is 11.5 Å². The third-order valence-corrected chi connectivity index (χ3v) is 5.60. The van der Waals surface area contributed by atoms with Gasteiger partial charge in [0.15, 0.2) is 0 Å². The van der Waals surface area contributed by atoms with Gasteiger partial charge in [0.05, 0.1) is 0 Å². The van der Waals surface area contributed by atoms with Crippen LogP contribution in [0.3, 0.4) is 0 Å². The second-order valence-corrected chi connectivity index (χ2v) is 8.62. The zero-order chi connectivity index (χ0) is 20.4. The zero-order valence-electron chi connectivity index (χ0n) is 15.8. The molecule has 3 rings (SSSR count). The van der Waals surface area contributed by atoms with Crippen LogP contribution in [-0.4, -0.2) is 10.9 Å². The third-order valence-electron chi connectivity index (χ3n) is 5.45. The molecule has 2 aromatic rings. The molecule has 0 N–H and O–H groups in total. The first-order valence-electron chi connectivity index (χ1n) is 9.16. The molecule has 0 heterocycles. The van der Waals surface area contributed by atoms with E-state index in [1.54, 1.807) is 24.3 Å². The summed E-state index contributed by atoms with van der Waals surface area (Å²) in [5.74, 6) is 0.830. The second-order valence-electron chi connectivity index (χ2n) is 8.00. The van der Waals surface area contributed by atoms with Gasteiger partial charge < -0.3 is 9.47 Å². The highest BCUT2D eigenvalue weighted by Crippen LogP contribution is 2.51. The molecule has 1 aliphatic carbocycles. The quantitative estimate of drug-likeness (QED) is 0.497. The van der Waals surface area contributed by atoms with E-state index in [1.807, 2.05) is 24.3 Å². The van der Waals surface area contributed by atoms with Gasteiger partial charge in [-0.05, 0) is 60.1 Å². The average Bonchev–Trinajstić information content (AvgIpc) is 2.61. The van der Waals surface area contributed by atoms with Gasteiger partial charge in [0.25, 0.3) is 0 Å². The summed E-state index contributed by atoms with van der Waals surface area (Å²) in [4.78, 5) is 22.0. The van der Waals surface area contributed by atoms with Crippen molar-refractivity contribution >= 4 is 34.1 Å². The summed E-state index contributed by atoms with van der Waals surface area (Å²) >= 11 is 10.6. The fourth-order valence-electron chi connectivity index (χ4n) is 4.39. The molecule has 4 nitrogen and oxygen atoms in total. The minimum atomic E-state index is -0.856. The van der Waals surface area contributed by atoms with Crippen LogP contribution >= 0.6 is 23.2 Å². The number of carbonyl (C=O) groups is 2. The van der Waals surface area contributed by atoms with Crippen molar-refractivity contribution in [1.82, 2.24) is 0 Å². The zero-order valence-corrected chi connectivity index (χ0v) is 17.3. The number of ether oxygens (including phenoxy) is 2. The number of hydrogen-bond acceptors (Lipinski definition) is 4. The van der Waals surface area contributed by atoms with Crippen LogP contribution in [0.25, 0.3) is 0 Å². The first-order valence-corrected chi connectivity index (χ1v) is 9.92. The van der Waals surface area contributed by atoms with Crippen LogP contribution in [0.5, 0.6) is 11.5 Å². The number of benzene rings is 2. The van der Waals surface area contributed by atoms with E-state index in [-0.39, 0.29) is 10.8 Å². The number of halogens is 2. The summed E-state index contributed by atoms with van der Waals surface area (Å²) in [5.41, 5.74) is 0.583. The summed E-state index contributed by atoms with van der Waals surface area (Å²) in [6.07, 6.45) is 4.24. The van der Waals surface area contributed by atoms with E-state index >= 15 is 0 Å². The summed E-state index contributed by atoms with van der Waals surface area (Å²) in [7, 11) is 0. The smallest absolute Gasteiger partial charge is 0.409 e. The molecule has 0 saturated heterocycles. The van der Waals surface area contributed by atoms with E-state index in [4.69, 9.17) is 32.7 Å². The average molecular weight is 421 g/mol. The molecule has 0 aromatic heterocycles. The van der Waals surface area contributed by atoms with Crippen LogP contribution < -0.4 is 9.47 Å². The van der Waals surface area contributed by atoms with Crippen LogP contribution in [0.4, 0.5) is 9.59 Å². The van der Waals surface area contributed by atoms with Gasteiger partial charge >= 0.3 is 10.9 Å². The van der Waals surface area contributed by atoms with Gasteiger partial charge in [0.1, 0.15) is 11.5 Å². The molecule has 148 valence electrons.